The van der Waals surface area contributed by atoms with Crippen molar-refractivity contribution in [3.8, 4) is 0 Å². The van der Waals surface area contributed by atoms with Gasteiger partial charge in [0, 0.05) is 13.5 Å². The molecule has 0 radical (unpaired) electrons. The van der Waals surface area contributed by atoms with Crippen molar-refractivity contribution in [1.29, 1.82) is 0 Å². The Morgan fingerprint density at radius 3 is 2.75 bits per heavy atom. The Morgan fingerprint density at radius 1 is 1.75 bits per heavy atom. The number of amides is 1. The van der Waals surface area contributed by atoms with Crippen molar-refractivity contribution in [3.63, 3.8) is 0 Å². The minimum absolute atomic E-state index is 0.0509. The molecule has 1 amide bonds. The topological polar surface area (TPSA) is 29.5 Å². The third kappa shape index (κ3) is 2.08. The van der Waals surface area contributed by atoms with Crippen LogP contribution in [-0.2, 0) is 9.63 Å². The number of hydrogen-bond donors (Lipinski definition) is 0. The van der Waals surface area contributed by atoms with Crippen molar-refractivity contribution < 1.29 is 9.63 Å². The Bertz CT molecular complexity index is 193. The summed E-state index contributed by atoms with van der Waals surface area (Å²) in [5.74, 6) is 0.553. The maximum absolute atomic E-state index is 11.3. The van der Waals surface area contributed by atoms with Crippen molar-refractivity contribution in [2.75, 3.05) is 14.2 Å². The molecule has 1 rings (SSSR count). The van der Waals surface area contributed by atoms with Crippen LogP contribution in [0.5, 0.6) is 0 Å². The van der Waals surface area contributed by atoms with Gasteiger partial charge < -0.3 is 0 Å². The average molecular weight is 169 g/mol. The van der Waals surface area contributed by atoms with E-state index < -0.39 is 0 Å². The largest absolute Gasteiger partial charge is 0.275 e. The number of nitrogens with zero attached hydrogens (tertiary/aromatic N) is 1. The quantitative estimate of drug-likeness (QED) is 0.471. The first kappa shape index (κ1) is 9.26. The molecule has 0 atom stereocenters. The van der Waals surface area contributed by atoms with Crippen LogP contribution in [0.25, 0.3) is 0 Å². The van der Waals surface area contributed by atoms with Crippen LogP contribution in [-0.4, -0.2) is 25.1 Å². The van der Waals surface area contributed by atoms with Crippen LogP contribution in [0, 0.1) is 5.92 Å². The van der Waals surface area contributed by atoms with Crippen molar-refractivity contribution in [1.82, 2.24) is 5.06 Å². The van der Waals surface area contributed by atoms with E-state index in [4.69, 9.17) is 4.84 Å². The zero-order chi connectivity index (χ0) is 9.14. The summed E-state index contributed by atoms with van der Waals surface area (Å²) >= 11 is 0. The van der Waals surface area contributed by atoms with Crippen LogP contribution in [0.4, 0.5) is 0 Å². The van der Waals surface area contributed by atoms with E-state index in [1.54, 1.807) is 7.05 Å². The molecular formula is C9H15NO2. The summed E-state index contributed by atoms with van der Waals surface area (Å²) in [7, 11) is 3.13. The standard InChI is InChI=1S/C9H15NO2/c1-7-4-8(5-7)6-9(11)10(2)12-3/h8H,1,4-6H2,2-3H3. The lowest BCUT2D eigenvalue weighted by Gasteiger charge is -2.28. The van der Waals surface area contributed by atoms with Gasteiger partial charge in [0.05, 0.1) is 7.11 Å². The second kappa shape index (κ2) is 3.72. The Kier molecular flexibility index (Phi) is 2.87. The molecule has 0 heterocycles. The molecule has 0 unspecified atom stereocenters. The van der Waals surface area contributed by atoms with Crippen molar-refractivity contribution in [2.45, 2.75) is 19.3 Å². The highest BCUT2D eigenvalue weighted by atomic mass is 16.7. The predicted octanol–water partition coefficient (Wildman–Crippen LogP) is 1.36. The first-order valence-electron chi connectivity index (χ1n) is 4.10. The van der Waals surface area contributed by atoms with Gasteiger partial charge in [-0.2, -0.15) is 0 Å². The summed E-state index contributed by atoms with van der Waals surface area (Å²) in [6.45, 7) is 3.83. The number of allylic oxidation sites excluding steroid dienone is 1. The van der Waals surface area contributed by atoms with Gasteiger partial charge in [-0.25, -0.2) is 5.06 Å². The van der Waals surface area contributed by atoms with E-state index >= 15 is 0 Å². The molecular weight excluding hydrogens is 154 g/mol. The van der Waals surface area contributed by atoms with E-state index in [0.29, 0.717) is 12.3 Å². The van der Waals surface area contributed by atoms with Crippen LogP contribution in [0.1, 0.15) is 19.3 Å². The summed E-state index contributed by atoms with van der Waals surface area (Å²) in [5.41, 5.74) is 1.26. The number of rotatable bonds is 3. The lowest BCUT2D eigenvalue weighted by molar-refractivity contribution is -0.170. The van der Waals surface area contributed by atoms with Gasteiger partial charge >= 0.3 is 0 Å². The summed E-state index contributed by atoms with van der Waals surface area (Å²) < 4.78 is 0. The highest BCUT2D eigenvalue weighted by Gasteiger charge is 2.25. The highest BCUT2D eigenvalue weighted by molar-refractivity contribution is 5.75. The normalized spacial score (nSPS) is 17.3. The summed E-state index contributed by atoms with van der Waals surface area (Å²) in [4.78, 5) is 16.0. The minimum atomic E-state index is 0.0509. The molecule has 1 saturated carbocycles. The molecule has 1 fully saturated rings. The van der Waals surface area contributed by atoms with Gasteiger partial charge in [-0.15, -0.1) is 0 Å². The van der Waals surface area contributed by atoms with E-state index in [1.165, 1.54) is 17.7 Å². The molecule has 0 aromatic rings. The smallest absolute Gasteiger partial charge is 0.246 e. The third-order valence-electron chi connectivity index (χ3n) is 2.24. The minimum Gasteiger partial charge on any atom is -0.275 e. The molecule has 3 heteroatoms. The SMILES string of the molecule is C=C1CC(CC(=O)N(C)OC)C1. The van der Waals surface area contributed by atoms with Gasteiger partial charge in [0.15, 0.2) is 0 Å². The highest BCUT2D eigenvalue weighted by Crippen LogP contribution is 2.34. The second-order valence-corrected chi connectivity index (χ2v) is 3.30. The average Bonchev–Trinajstić information content (AvgIpc) is 2.00. The first-order valence-corrected chi connectivity index (χ1v) is 4.10. The molecule has 1 aliphatic rings. The van der Waals surface area contributed by atoms with Crippen LogP contribution < -0.4 is 0 Å². The fourth-order valence-corrected chi connectivity index (χ4v) is 1.38. The molecule has 1 aliphatic carbocycles. The second-order valence-electron chi connectivity index (χ2n) is 3.30. The predicted molar refractivity (Wildman–Crippen MR) is 46.3 cm³/mol. The van der Waals surface area contributed by atoms with E-state index in [2.05, 4.69) is 6.58 Å². The number of carbonyl (C=O) groups is 1. The molecule has 68 valence electrons. The molecule has 0 aliphatic heterocycles. The molecule has 0 aromatic heterocycles. The molecule has 0 saturated heterocycles. The monoisotopic (exact) mass is 169 g/mol. The van der Waals surface area contributed by atoms with Gasteiger partial charge in [0.25, 0.3) is 0 Å². The van der Waals surface area contributed by atoms with E-state index in [-0.39, 0.29) is 5.91 Å². The van der Waals surface area contributed by atoms with E-state index in [0.717, 1.165) is 12.8 Å². The Labute approximate surface area is 73.0 Å². The summed E-state index contributed by atoms with van der Waals surface area (Å²) in [6.07, 6.45) is 2.59. The lowest BCUT2D eigenvalue weighted by Crippen LogP contribution is -2.29. The Hall–Kier alpha value is -0.830. The Balaban J connectivity index is 2.23. The lowest BCUT2D eigenvalue weighted by atomic mass is 9.79. The van der Waals surface area contributed by atoms with Gasteiger partial charge in [0.1, 0.15) is 0 Å². The maximum atomic E-state index is 11.3. The zero-order valence-electron chi connectivity index (χ0n) is 7.67. The third-order valence-corrected chi connectivity index (χ3v) is 2.24. The number of hydrogen-bond acceptors (Lipinski definition) is 2. The number of carbonyl (C=O) groups excluding carboxylic acids is 1. The van der Waals surface area contributed by atoms with Crippen molar-refractivity contribution >= 4 is 5.91 Å². The van der Waals surface area contributed by atoms with Crippen LogP contribution in [0.2, 0.25) is 0 Å². The zero-order valence-corrected chi connectivity index (χ0v) is 7.67. The molecule has 3 nitrogen and oxygen atoms in total. The van der Waals surface area contributed by atoms with Gasteiger partial charge in [-0.3, -0.25) is 9.63 Å². The molecule has 0 bridgehead atoms. The van der Waals surface area contributed by atoms with Crippen LogP contribution in [0.3, 0.4) is 0 Å². The molecule has 0 aromatic carbocycles. The first-order chi connectivity index (χ1) is 5.63. The van der Waals surface area contributed by atoms with E-state index in [1.807, 2.05) is 0 Å². The number of hydroxylamine groups is 2. The van der Waals surface area contributed by atoms with Crippen LogP contribution >= 0.6 is 0 Å². The fourth-order valence-electron chi connectivity index (χ4n) is 1.38. The van der Waals surface area contributed by atoms with Gasteiger partial charge in [-0.05, 0) is 18.8 Å². The van der Waals surface area contributed by atoms with Gasteiger partial charge in [-0.1, -0.05) is 12.2 Å². The van der Waals surface area contributed by atoms with Crippen LogP contribution in [0.15, 0.2) is 12.2 Å². The summed E-state index contributed by atoms with van der Waals surface area (Å²) in [5, 5.41) is 1.28. The molecule has 0 N–H and O–H groups in total. The van der Waals surface area contributed by atoms with Crippen molar-refractivity contribution in [3.05, 3.63) is 12.2 Å². The fraction of sp³-hybridized carbons (Fsp3) is 0.667. The molecule has 12 heavy (non-hydrogen) atoms. The van der Waals surface area contributed by atoms with Gasteiger partial charge in [0.2, 0.25) is 5.91 Å². The van der Waals surface area contributed by atoms with Crippen molar-refractivity contribution in [2.24, 2.45) is 5.92 Å². The summed E-state index contributed by atoms with van der Waals surface area (Å²) in [6, 6.07) is 0. The van der Waals surface area contributed by atoms with E-state index in [9.17, 15) is 4.79 Å². The molecule has 0 spiro atoms. The Morgan fingerprint density at radius 2 is 2.33 bits per heavy atom. The maximum Gasteiger partial charge on any atom is 0.246 e.